The second-order valence-electron chi connectivity index (χ2n) is 4.85. The van der Waals surface area contributed by atoms with E-state index in [1.807, 2.05) is 32.9 Å². The average Bonchev–Trinajstić information content (AvgIpc) is 2.29. The third kappa shape index (κ3) is 2.38. The number of hydrogen-bond donors (Lipinski definition) is 1. The van der Waals surface area contributed by atoms with E-state index in [-0.39, 0.29) is 5.63 Å². The van der Waals surface area contributed by atoms with Crippen molar-refractivity contribution in [2.45, 2.75) is 26.3 Å². The summed E-state index contributed by atoms with van der Waals surface area (Å²) in [6, 6.07) is 7.05. The minimum Gasteiger partial charge on any atom is -0.423 e. The van der Waals surface area contributed by atoms with E-state index in [0.29, 0.717) is 5.58 Å². The van der Waals surface area contributed by atoms with Crippen molar-refractivity contribution in [2.24, 2.45) is 0 Å². The zero-order valence-corrected chi connectivity index (χ0v) is 10.7. The molecule has 92 valence electrons. The molecule has 1 aromatic heterocycles. The lowest BCUT2D eigenvalue weighted by Gasteiger charge is -2.21. The molecule has 2 rings (SSSR count). The molecule has 0 bridgehead atoms. The van der Waals surface area contributed by atoms with E-state index in [9.17, 15) is 4.79 Å². The topological polar surface area (TPSA) is 42.2 Å². The minimum absolute atomic E-state index is 0.329. The fourth-order valence-electron chi connectivity index (χ4n) is 1.79. The molecule has 3 nitrogen and oxygen atoms in total. The molecule has 3 heteroatoms. The Kier molecular flexibility index (Phi) is 2.88. The maximum atomic E-state index is 11.3. The standard InChI is InChI=1S/C15H15NO2/c1-5-15(3,4)16-11-6-7-13-12(9-11)10(2)8-14(17)18-13/h1,6-9,16H,2-4H3. The highest BCUT2D eigenvalue weighted by Crippen LogP contribution is 2.23. The Balaban J connectivity index is 2.52. The highest BCUT2D eigenvalue weighted by molar-refractivity contribution is 5.83. The summed E-state index contributed by atoms with van der Waals surface area (Å²) in [5, 5.41) is 4.16. The second-order valence-corrected chi connectivity index (χ2v) is 4.85. The molecule has 18 heavy (non-hydrogen) atoms. The van der Waals surface area contributed by atoms with Gasteiger partial charge in [-0.05, 0) is 44.5 Å². The van der Waals surface area contributed by atoms with E-state index in [0.717, 1.165) is 16.6 Å². The average molecular weight is 241 g/mol. The Hall–Kier alpha value is -2.21. The molecule has 0 amide bonds. The van der Waals surface area contributed by atoms with Crippen molar-refractivity contribution in [1.29, 1.82) is 0 Å². The molecule has 0 aliphatic heterocycles. The van der Waals surface area contributed by atoms with Crippen molar-refractivity contribution < 1.29 is 4.42 Å². The van der Waals surface area contributed by atoms with Crippen molar-refractivity contribution in [3.05, 3.63) is 40.2 Å². The molecule has 0 radical (unpaired) electrons. The van der Waals surface area contributed by atoms with Gasteiger partial charge in [-0.3, -0.25) is 0 Å². The van der Waals surface area contributed by atoms with E-state index in [4.69, 9.17) is 10.8 Å². The predicted molar refractivity (Wildman–Crippen MR) is 73.8 cm³/mol. The molecule has 1 N–H and O–H groups in total. The largest absolute Gasteiger partial charge is 0.423 e. The van der Waals surface area contributed by atoms with Crippen LogP contribution in [-0.4, -0.2) is 5.54 Å². The first kappa shape index (κ1) is 12.3. The van der Waals surface area contributed by atoms with Crippen LogP contribution in [0.5, 0.6) is 0 Å². The molecular weight excluding hydrogens is 226 g/mol. The van der Waals surface area contributed by atoms with Crippen LogP contribution >= 0.6 is 0 Å². The molecule has 2 aromatic rings. The molecule has 0 saturated carbocycles. The molecule has 1 aromatic carbocycles. The van der Waals surface area contributed by atoms with Gasteiger partial charge in [0.15, 0.2) is 0 Å². The molecule has 0 aliphatic rings. The lowest BCUT2D eigenvalue weighted by atomic mass is 10.1. The van der Waals surface area contributed by atoms with Gasteiger partial charge < -0.3 is 9.73 Å². The first-order valence-corrected chi connectivity index (χ1v) is 5.72. The second kappa shape index (κ2) is 4.23. The van der Waals surface area contributed by atoms with Gasteiger partial charge in [0.25, 0.3) is 0 Å². The summed E-state index contributed by atoms with van der Waals surface area (Å²) in [7, 11) is 0. The number of terminal acetylenes is 1. The normalized spacial score (nSPS) is 11.2. The van der Waals surface area contributed by atoms with Gasteiger partial charge in [-0.2, -0.15) is 0 Å². The number of anilines is 1. The van der Waals surface area contributed by atoms with Crippen molar-refractivity contribution in [3.63, 3.8) is 0 Å². The summed E-state index contributed by atoms with van der Waals surface area (Å²) >= 11 is 0. The minimum atomic E-state index is -0.419. The number of benzene rings is 1. The molecule has 0 unspecified atom stereocenters. The molecule has 0 fully saturated rings. The lowest BCUT2D eigenvalue weighted by molar-refractivity contribution is 0.560. The van der Waals surface area contributed by atoms with Crippen LogP contribution in [0.3, 0.4) is 0 Å². The summed E-state index contributed by atoms with van der Waals surface area (Å²) in [6.07, 6.45) is 5.44. The quantitative estimate of drug-likeness (QED) is 0.649. The zero-order valence-electron chi connectivity index (χ0n) is 10.7. The van der Waals surface area contributed by atoms with Gasteiger partial charge in [-0.25, -0.2) is 4.79 Å². The summed E-state index contributed by atoms with van der Waals surface area (Å²) in [6.45, 7) is 5.74. The molecule has 0 spiro atoms. The summed E-state index contributed by atoms with van der Waals surface area (Å²) < 4.78 is 5.13. The van der Waals surface area contributed by atoms with Crippen molar-refractivity contribution in [3.8, 4) is 12.3 Å². The predicted octanol–water partition coefficient (Wildman–Crippen LogP) is 2.93. The number of aryl methyl sites for hydroxylation is 1. The van der Waals surface area contributed by atoms with Gasteiger partial charge in [0.1, 0.15) is 5.58 Å². The first-order valence-electron chi connectivity index (χ1n) is 5.72. The molecule has 0 atom stereocenters. The Morgan fingerprint density at radius 3 is 2.72 bits per heavy atom. The van der Waals surface area contributed by atoms with Crippen LogP contribution in [0.1, 0.15) is 19.4 Å². The van der Waals surface area contributed by atoms with Gasteiger partial charge in [0, 0.05) is 17.1 Å². The Bertz CT molecular complexity index is 690. The van der Waals surface area contributed by atoms with Crippen molar-refractivity contribution in [2.75, 3.05) is 5.32 Å². The smallest absolute Gasteiger partial charge is 0.336 e. The van der Waals surface area contributed by atoms with E-state index in [2.05, 4.69) is 11.2 Å². The number of nitrogens with one attached hydrogen (secondary N) is 1. The maximum Gasteiger partial charge on any atom is 0.336 e. The summed E-state index contributed by atoms with van der Waals surface area (Å²) in [5.41, 5.74) is 1.64. The summed E-state index contributed by atoms with van der Waals surface area (Å²) in [5.74, 6) is 2.68. The van der Waals surface area contributed by atoms with Gasteiger partial charge in [0.2, 0.25) is 0 Å². The van der Waals surface area contributed by atoms with Crippen LogP contribution < -0.4 is 10.9 Å². The van der Waals surface area contributed by atoms with Crippen LogP contribution in [0.15, 0.2) is 33.5 Å². The monoisotopic (exact) mass is 241 g/mol. The Morgan fingerprint density at radius 2 is 2.06 bits per heavy atom. The fraction of sp³-hybridized carbons (Fsp3) is 0.267. The van der Waals surface area contributed by atoms with Crippen LogP contribution in [0.2, 0.25) is 0 Å². The van der Waals surface area contributed by atoms with Crippen LogP contribution in [0.25, 0.3) is 11.0 Å². The first-order chi connectivity index (χ1) is 8.41. The van der Waals surface area contributed by atoms with Crippen LogP contribution in [0, 0.1) is 19.3 Å². The number of rotatable bonds is 2. The van der Waals surface area contributed by atoms with E-state index < -0.39 is 5.54 Å². The fourth-order valence-corrected chi connectivity index (χ4v) is 1.79. The van der Waals surface area contributed by atoms with Gasteiger partial charge in [-0.15, -0.1) is 6.42 Å². The van der Waals surface area contributed by atoms with Crippen molar-refractivity contribution in [1.82, 2.24) is 0 Å². The third-order valence-corrected chi connectivity index (χ3v) is 2.77. The molecule has 0 saturated heterocycles. The van der Waals surface area contributed by atoms with E-state index in [1.165, 1.54) is 6.07 Å². The SMILES string of the molecule is C#CC(C)(C)Nc1ccc2oc(=O)cc(C)c2c1. The van der Waals surface area contributed by atoms with E-state index >= 15 is 0 Å². The van der Waals surface area contributed by atoms with Crippen molar-refractivity contribution >= 4 is 16.7 Å². The maximum absolute atomic E-state index is 11.3. The molecule has 1 heterocycles. The zero-order chi connectivity index (χ0) is 13.3. The Morgan fingerprint density at radius 1 is 1.33 bits per heavy atom. The van der Waals surface area contributed by atoms with Gasteiger partial charge in [0.05, 0.1) is 5.54 Å². The highest BCUT2D eigenvalue weighted by atomic mass is 16.4. The Labute approximate surface area is 106 Å². The number of fused-ring (bicyclic) bond motifs is 1. The van der Waals surface area contributed by atoms with Crippen LogP contribution in [-0.2, 0) is 0 Å². The van der Waals surface area contributed by atoms with E-state index in [1.54, 1.807) is 6.07 Å². The molecule has 0 aliphatic carbocycles. The highest BCUT2D eigenvalue weighted by Gasteiger charge is 2.13. The van der Waals surface area contributed by atoms with Gasteiger partial charge in [-0.1, -0.05) is 5.92 Å². The van der Waals surface area contributed by atoms with Gasteiger partial charge >= 0.3 is 5.63 Å². The van der Waals surface area contributed by atoms with Crippen LogP contribution in [0.4, 0.5) is 5.69 Å². The molecular formula is C15H15NO2. The number of hydrogen-bond acceptors (Lipinski definition) is 3. The third-order valence-electron chi connectivity index (χ3n) is 2.77. The summed E-state index contributed by atoms with van der Waals surface area (Å²) in [4.78, 5) is 11.3. The lowest BCUT2D eigenvalue weighted by Crippen LogP contribution is -2.28.